The van der Waals surface area contributed by atoms with E-state index in [2.05, 4.69) is 0 Å². The fourth-order valence-corrected chi connectivity index (χ4v) is 1.46. The van der Waals surface area contributed by atoms with Crippen molar-refractivity contribution in [2.45, 2.75) is 19.3 Å². The Hall–Kier alpha value is -1.84. The van der Waals surface area contributed by atoms with Gasteiger partial charge in [-0.1, -0.05) is 24.3 Å². The lowest BCUT2D eigenvalue weighted by Crippen LogP contribution is -2.35. The Labute approximate surface area is 87.2 Å². The molecular formula is C11H10O4-2. The Kier molecular flexibility index (Phi) is 3.44. The monoisotopic (exact) mass is 206 g/mol. The second-order valence-electron chi connectivity index (χ2n) is 3.30. The van der Waals surface area contributed by atoms with Gasteiger partial charge in [-0.15, -0.1) is 0 Å². The molecule has 1 rings (SSSR count). The molecule has 1 aromatic carbocycles. The molecule has 0 aliphatic rings. The molecule has 0 fully saturated rings. The quantitative estimate of drug-likeness (QED) is 0.630. The Morgan fingerprint density at radius 3 is 2.33 bits per heavy atom. The van der Waals surface area contributed by atoms with Crippen LogP contribution in [0.25, 0.3) is 0 Å². The third-order valence-electron chi connectivity index (χ3n) is 2.22. The minimum absolute atomic E-state index is 0.460. The molecule has 0 bridgehead atoms. The summed E-state index contributed by atoms with van der Waals surface area (Å²) < 4.78 is 0. The Balaban J connectivity index is 3.04. The van der Waals surface area contributed by atoms with Gasteiger partial charge >= 0.3 is 0 Å². The van der Waals surface area contributed by atoms with Crippen LogP contribution in [0.3, 0.4) is 0 Å². The molecular weight excluding hydrogens is 196 g/mol. The van der Waals surface area contributed by atoms with E-state index in [0.717, 1.165) is 5.56 Å². The maximum atomic E-state index is 10.8. The van der Waals surface area contributed by atoms with E-state index in [4.69, 9.17) is 0 Å². The molecule has 0 spiro atoms. The molecule has 0 saturated heterocycles. The van der Waals surface area contributed by atoms with Gasteiger partial charge in [-0.3, -0.25) is 0 Å². The largest absolute Gasteiger partial charge is 0.550 e. The number of carboxylic acid groups (broad SMARTS) is 2. The summed E-state index contributed by atoms with van der Waals surface area (Å²) in [6, 6.07) is 6.72. The van der Waals surface area contributed by atoms with E-state index in [1.807, 2.05) is 0 Å². The minimum Gasteiger partial charge on any atom is -0.550 e. The number of hydrogen-bond acceptors (Lipinski definition) is 4. The summed E-state index contributed by atoms with van der Waals surface area (Å²) in [6.45, 7) is 1.72. The second-order valence-corrected chi connectivity index (χ2v) is 3.30. The van der Waals surface area contributed by atoms with Crippen LogP contribution in [0.5, 0.6) is 0 Å². The number of carboxylic acids is 2. The number of aliphatic carboxylic acids is 2. The molecule has 4 heteroatoms. The third-order valence-corrected chi connectivity index (χ3v) is 2.22. The van der Waals surface area contributed by atoms with Gasteiger partial charge in [0.25, 0.3) is 0 Å². The molecule has 0 aromatic heterocycles. The van der Waals surface area contributed by atoms with Crippen molar-refractivity contribution in [2.75, 3.05) is 0 Å². The number of carbonyl (C=O) groups is 2. The first-order chi connectivity index (χ1) is 7.02. The number of carbonyl (C=O) groups excluding carboxylic acids is 2. The molecule has 80 valence electrons. The van der Waals surface area contributed by atoms with E-state index >= 15 is 0 Å². The minimum atomic E-state index is -1.40. The number of rotatable bonds is 4. The van der Waals surface area contributed by atoms with Crippen LogP contribution in [0, 0.1) is 6.92 Å². The van der Waals surface area contributed by atoms with Crippen LogP contribution in [0.15, 0.2) is 24.3 Å². The summed E-state index contributed by atoms with van der Waals surface area (Å²) in [5.74, 6) is -3.93. The molecule has 1 atom stereocenters. The summed E-state index contributed by atoms with van der Waals surface area (Å²) in [5, 5.41) is 21.2. The zero-order chi connectivity index (χ0) is 11.4. The van der Waals surface area contributed by atoms with E-state index < -0.39 is 24.3 Å². The predicted octanol–water partition coefficient (Wildman–Crippen LogP) is -1.03. The maximum Gasteiger partial charge on any atom is 0.0493 e. The lowest BCUT2D eigenvalue weighted by Gasteiger charge is -2.20. The fraction of sp³-hybridized carbons (Fsp3) is 0.273. The van der Waals surface area contributed by atoms with Crippen molar-refractivity contribution in [1.82, 2.24) is 0 Å². The molecule has 0 radical (unpaired) electrons. The standard InChI is InChI=1S/C11H12O4/c1-7-4-2-3-5-8(7)9(11(14)15)6-10(12)13/h2-5,9H,6H2,1H3,(H,12,13)(H,14,15)/p-2/t9-/m0/s1. The van der Waals surface area contributed by atoms with Crippen LogP contribution in [-0.2, 0) is 9.59 Å². The first kappa shape index (κ1) is 11.2. The van der Waals surface area contributed by atoms with Gasteiger partial charge in [0.05, 0.1) is 0 Å². The predicted molar refractivity (Wildman–Crippen MR) is 48.6 cm³/mol. The average molecular weight is 206 g/mol. The van der Waals surface area contributed by atoms with Gasteiger partial charge in [0.2, 0.25) is 0 Å². The Bertz CT molecular complexity index is 384. The van der Waals surface area contributed by atoms with Gasteiger partial charge in [0.15, 0.2) is 0 Å². The van der Waals surface area contributed by atoms with Crippen molar-refractivity contribution in [3.63, 3.8) is 0 Å². The number of aryl methyl sites for hydroxylation is 1. The molecule has 0 unspecified atom stereocenters. The van der Waals surface area contributed by atoms with Crippen molar-refractivity contribution in [1.29, 1.82) is 0 Å². The van der Waals surface area contributed by atoms with Crippen LogP contribution < -0.4 is 10.2 Å². The molecule has 0 saturated carbocycles. The smallest absolute Gasteiger partial charge is 0.0493 e. The zero-order valence-corrected chi connectivity index (χ0v) is 8.23. The van der Waals surface area contributed by atoms with Gasteiger partial charge in [0.1, 0.15) is 0 Å². The van der Waals surface area contributed by atoms with Crippen LogP contribution >= 0.6 is 0 Å². The second kappa shape index (κ2) is 4.59. The molecule has 0 heterocycles. The first-order valence-electron chi connectivity index (χ1n) is 4.48. The fourth-order valence-electron chi connectivity index (χ4n) is 1.46. The Morgan fingerprint density at radius 1 is 1.27 bits per heavy atom. The Morgan fingerprint density at radius 2 is 1.87 bits per heavy atom. The van der Waals surface area contributed by atoms with Gasteiger partial charge in [-0.05, 0) is 24.5 Å². The van der Waals surface area contributed by atoms with Crippen molar-refractivity contribution in [3.05, 3.63) is 35.4 Å². The van der Waals surface area contributed by atoms with Gasteiger partial charge in [0, 0.05) is 17.9 Å². The maximum absolute atomic E-state index is 10.8. The highest BCUT2D eigenvalue weighted by Crippen LogP contribution is 2.21. The number of hydrogen-bond donors (Lipinski definition) is 0. The molecule has 1 aromatic rings. The normalized spacial score (nSPS) is 12.1. The summed E-state index contributed by atoms with van der Waals surface area (Å²) in [5.41, 5.74) is 1.19. The van der Waals surface area contributed by atoms with Crippen LogP contribution in [0.4, 0.5) is 0 Å². The zero-order valence-electron chi connectivity index (χ0n) is 8.23. The van der Waals surface area contributed by atoms with E-state index in [-0.39, 0.29) is 0 Å². The topological polar surface area (TPSA) is 80.3 Å². The number of benzene rings is 1. The van der Waals surface area contributed by atoms with Crippen molar-refractivity contribution < 1.29 is 19.8 Å². The van der Waals surface area contributed by atoms with Crippen LogP contribution in [0.2, 0.25) is 0 Å². The van der Waals surface area contributed by atoms with E-state index in [9.17, 15) is 19.8 Å². The van der Waals surface area contributed by atoms with E-state index in [1.165, 1.54) is 0 Å². The van der Waals surface area contributed by atoms with Gasteiger partial charge in [-0.25, -0.2) is 0 Å². The van der Waals surface area contributed by atoms with Crippen molar-refractivity contribution >= 4 is 11.9 Å². The highest BCUT2D eigenvalue weighted by molar-refractivity contribution is 5.80. The van der Waals surface area contributed by atoms with E-state index in [0.29, 0.717) is 5.56 Å². The van der Waals surface area contributed by atoms with Gasteiger partial charge in [-0.2, -0.15) is 0 Å². The van der Waals surface area contributed by atoms with E-state index in [1.54, 1.807) is 31.2 Å². The summed E-state index contributed by atoms with van der Waals surface area (Å²) in [4.78, 5) is 21.2. The summed E-state index contributed by atoms with van der Waals surface area (Å²) in [6.07, 6.45) is -0.562. The molecule has 0 aliphatic heterocycles. The molecule has 0 N–H and O–H groups in total. The van der Waals surface area contributed by atoms with Crippen molar-refractivity contribution in [2.24, 2.45) is 0 Å². The average Bonchev–Trinajstić information content (AvgIpc) is 2.15. The highest BCUT2D eigenvalue weighted by atomic mass is 16.4. The van der Waals surface area contributed by atoms with Crippen LogP contribution in [0.1, 0.15) is 23.5 Å². The molecule has 0 aliphatic carbocycles. The van der Waals surface area contributed by atoms with Crippen LogP contribution in [-0.4, -0.2) is 11.9 Å². The lowest BCUT2D eigenvalue weighted by atomic mass is 9.92. The third kappa shape index (κ3) is 2.80. The van der Waals surface area contributed by atoms with Crippen molar-refractivity contribution in [3.8, 4) is 0 Å². The summed E-state index contributed by atoms with van der Waals surface area (Å²) in [7, 11) is 0. The SMILES string of the molecule is Cc1ccccc1[C@H](CC(=O)[O-])C(=O)[O-]. The lowest BCUT2D eigenvalue weighted by molar-refractivity contribution is -0.317. The molecule has 15 heavy (non-hydrogen) atoms. The molecule has 4 nitrogen and oxygen atoms in total. The summed E-state index contributed by atoms with van der Waals surface area (Å²) >= 11 is 0. The first-order valence-corrected chi connectivity index (χ1v) is 4.48. The van der Waals surface area contributed by atoms with Gasteiger partial charge < -0.3 is 19.8 Å². The molecule has 0 amide bonds. The highest BCUT2D eigenvalue weighted by Gasteiger charge is 2.14.